The quantitative estimate of drug-likeness (QED) is 0.788. The summed E-state index contributed by atoms with van der Waals surface area (Å²) in [6.45, 7) is 2.20. The van der Waals surface area contributed by atoms with Crippen molar-refractivity contribution in [2.45, 2.75) is 32.6 Å². The first-order valence-corrected chi connectivity index (χ1v) is 9.59. The van der Waals surface area contributed by atoms with Crippen molar-refractivity contribution in [3.63, 3.8) is 0 Å². The summed E-state index contributed by atoms with van der Waals surface area (Å²) in [6.07, 6.45) is 4.47. The first kappa shape index (κ1) is 16.1. The van der Waals surface area contributed by atoms with Crippen LogP contribution in [-0.4, -0.2) is 18.5 Å². The zero-order valence-electron chi connectivity index (χ0n) is 13.8. The van der Waals surface area contributed by atoms with E-state index in [2.05, 4.69) is 21.2 Å². The number of halogens is 1. The average molecular weight is 392 g/mol. The number of nitrogens with one attached hydrogen (secondary N) is 1. The number of ether oxygens (including phenoxy) is 1. The van der Waals surface area contributed by atoms with Gasteiger partial charge in [-0.15, -0.1) is 0 Å². The Bertz CT molecular complexity index is 668. The molecule has 0 radical (unpaired) electrons. The Kier molecular flexibility index (Phi) is 3.94. The Balaban J connectivity index is 1.58. The minimum absolute atomic E-state index is 0.0196. The highest BCUT2D eigenvalue weighted by molar-refractivity contribution is 9.10. The molecule has 0 aromatic heterocycles. The van der Waals surface area contributed by atoms with E-state index in [1.165, 1.54) is 12.8 Å². The van der Waals surface area contributed by atoms with Gasteiger partial charge in [-0.05, 0) is 74.1 Å². The fourth-order valence-corrected chi connectivity index (χ4v) is 5.59. The normalized spacial score (nSPS) is 31.9. The highest BCUT2D eigenvalue weighted by atomic mass is 79.9. The van der Waals surface area contributed by atoms with Gasteiger partial charge in [-0.2, -0.15) is 0 Å². The van der Waals surface area contributed by atoms with Crippen molar-refractivity contribution < 1.29 is 14.3 Å². The second kappa shape index (κ2) is 5.87. The molecule has 5 heteroatoms. The number of carbonyl (C=O) groups is 2. The molecule has 0 heterocycles. The van der Waals surface area contributed by atoms with E-state index in [0.29, 0.717) is 18.4 Å². The molecule has 1 amide bonds. The second-order valence-electron chi connectivity index (χ2n) is 7.32. The molecule has 0 aliphatic heterocycles. The fourth-order valence-electron chi connectivity index (χ4n) is 5.32. The summed E-state index contributed by atoms with van der Waals surface area (Å²) < 4.78 is 6.29. The van der Waals surface area contributed by atoms with Gasteiger partial charge in [-0.25, -0.2) is 0 Å². The van der Waals surface area contributed by atoms with Crippen molar-refractivity contribution in [2.75, 3.05) is 11.9 Å². The Hall–Kier alpha value is -1.36. The Labute approximate surface area is 150 Å². The van der Waals surface area contributed by atoms with Gasteiger partial charge in [0, 0.05) is 10.2 Å². The largest absolute Gasteiger partial charge is 0.466 e. The van der Waals surface area contributed by atoms with E-state index in [-0.39, 0.29) is 29.1 Å². The van der Waals surface area contributed by atoms with Crippen LogP contribution in [-0.2, 0) is 14.3 Å². The molecule has 1 spiro atoms. The van der Waals surface area contributed by atoms with E-state index in [1.807, 2.05) is 31.2 Å². The van der Waals surface area contributed by atoms with Gasteiger partial charge in [0.2, 0.25) is 5.91 Å². The molecule has 128 valence electrons. The number of hydrogen-bond donors (Lipinski definition) is 1. The number of amides is 1. The van der Waals surface area contributed by atoms with Gasteiger partial charge >= 0.3 is 5.97 Å². The predicted octanol–water partition coefficient (Wildman–Crippen LogP) is 4.00. The molecule has 4 atom stereocenters. The lowest BCUT2D eigenvalue weighted by molar-refractivity contribution is -0.154. The van der Waals surface area contributed by atoms with Crippen LogP contribution in [0.15, 0.2) is 28.7 Å². The minimum Gasteiger partial charge on any atom is -0.466 e. The van der Waals surface area contributed by atoms with Crippen LogP contribution < -0.4 is 5.32 Å². The van der Waals surface area contributed by atoms with Crippen LogP contribution in [0.3, 0.4) is 0 Å². The predicted molar refractivity (Wildman–Crippen MR) is 94.3 cm³/mol. The minimum atomic E-state index is -0.262. The summed E-state index contributed by atoms with van der Waals surface area (Å²) in [5, 5.41) is 3.02. The maximum atomic E-state index is 13.0. The van der Waals surface area contributed by atoms with Gasteiger partial charge in [-0.1, -0.05) is 15.9 Å². The number of rotatable bonds is 4. The lowest BCUT2D eigenvalue weighted by Crippen LogP contribution is -2.38. The molecule has 3 aliphatic carbocycles. The smallest absolute Gasteiger partial charge is 0.310 e. The zero-order valence-corrected chi connectivity index (χ0v) is 15.3. The lowest BCUT2D eigenvalue weighted by Gasteiger charge is -2.28. The van der Waals surface area contributed by atoms with Gasteiger partial charge in [0.05, 0.1) is 18.4 Å². The van der Waals surface area contributed by atoms with Crippen molar-refractivity contribution in [1.29, 1.82) is 0 Å². The Morgan fingerprint density at radius 3 is 2.38 bits per heavy atom. The number of hydrogen-bond acceptors (Lipinski definition) is 3. The van der Waals surface area contributed by atoms with E-state index < -0.39 is 0 Å². The number of benzene rings is 1. The van der Waals surface area contributed by atoms with E-state index in [4.69, 9.17) is 4.74 Å². The molecule has 4 rings (SSSR count). The summed E-state index contributed by atoms with van der Waals surface area (Å²) in [6, 6.07) is 7.56. The van der Waals surface area contributed by atoms with Gasteiger partial charge in [0.25, 0.3) is 0 Å². The van der Waals surface area contributed by atoms with Gasteiger partial charge in [-0.3, -0.25) is 9.59 Å². The third-order valence-electron chi connectivity index (χ3n) is 6.32. The van der Waals surface area contributed by atoms with Crippen LogP contribution in [0.2, 0.25) is 0 Å². The molecule has 3 fully saturated rings. The SMILES string of the molecule is CCOC(=O)[C@H]1[C@H](C(=O)Nc2ccc(Br)cc2)[C@@H]2CC[C@H]1C21CC1. The van der Waals surface area contributed by atoms with Crippen molar-refractivity contribution in [1.82, 2.24) is 0 Å². The summed E-state index contributed by atoms with van der Waals surface area (Å²) in [7, 11) is 0. The Morgan fingerprint density at radius 2 is 1.79 bits per heavy atom. The lowest BCUT2D eigenvalue weighted by atomic mass is 9.78. The average Bonchev–Trinajstić information content (AvgIpc) is 3.23. The van der Waals surface area contributed by atoms with Crippen LogP contribution in [0.4, 0.5) is 5.69 Å². The van der Waals surface area contributed by atoms with Gasteiger partial charge in [0.15, 0.2) is 0 Å². The standard InChI is InChI=1S/C19H22BrNO3/c1-2-24-18(23)16-14-8-7-13(19(14)9-10-19)15(16)17(22)21-12-5-3-11(20)4-6-12/h3-6,13-16H,2,7-10H2,1H3,(H,21,22)/t13-,14+,15+,16+/m0/s1. The molecule has 1 N–H and O–H groups in total. The fraction of sp³-hybridized carbons (Fsp3) is 0.579. The molecule has 0 saturated heterocycles. The molecular weight excluding hydrogens is 370 g/mol. The van der Waals surface area contributed by atoms with Crippen LogP contribution in [0, 0.1) is 29.1 Å². The summed E-state index contributed by atoms with van der Waals surface area (Å²) >= 11 is 3.40. The first-order chi connectivity index (χ1) is 11.6. The molecule has 4 nitrogen and oxygen atoms in total. The maximum absolute atomic E-state index is 13.0. The number of esters is 1. The van der Waals surface area contributed by atoms with E-state index >= 15 is 0 Å². The molecule has 2 bridgehead atoms. The van der Waals surface area contributed by atoms with Crippen molar-refractivity contribution in [3.05, 3.63) is 28.7 Å². The van der Waals surface area contributed by atoms with Crippen LogP contribution in [0.1, 0.15) is 32.6 Å². The highest BCUT2D eigenvalue weighted by Crippen LogP contribution is 2.74. The van der Waals surface area contributed by atoms with Crippen molar-refractivity contribution in [2.24, 2.45) is 29.1 Å². The zero-order chi connectivity index (χ0) is 16.9. The van der Waals surface area contributed by atoms with Crippen molar-refractivity contribution in [3.8, 4) is 0 Å². The monoisotopic (exact) mass is 391 g/mol. The Morgan fingerprint density at radius 1 is 1.17 bits per heavy atom. The number of anilines is 1. The van der Waals surface area contributed by atoms with E-state index in [0.717, 1.165) is 23.0 Å². The maximum Gasteiger partial charge on any atom is 0.310 e. The van der Waals surface area contributed by atoms with Gasteiger partial charge < -0.3 is 10.1 Å². The molecular formula is C19H22BrNO3. The molecule has 1 aromatic rings. The molecule has 1 aromatic carbocycles. The molecule has 3 aliphatic rings. The summed E-state index contributed by atoms with van der Waals surface area (Å²) in [5.74, 6) is -0.0223. The second-order valence-corrected chi connectivity index (χ2v) is 8.24. The van der Waals surface area contributed by atoms with Crippen molar-refractivity contribution >= 4 is 33.5 Å². The van der Waals surface area contributed by atoms with Crippen LogP contribution in [0.5, 0.6) is 0 Å². The molecule has 3 saturated carbocycles. The van der Waals surface area contributed by atoms with E-state index in [1.54, 1.807) is 0 Å². The highest BCUT2D eigenvalue weighted by Gasteiger charge is 2.71. The van der Waals surface area contributed by atoms with Crippen LogP contribution >= 0.6 is 15.9 Å². The summed E-state index contributed by atoms with van der Waals surface area (Å²) in [5.41, 5.74) is 1.03. The topological polar surface area (TPSA) is 55.4 Å². The molecule has 24 heavy (non-hydrogen) atoms. The number of carbonyl (C=O) groups excluding carboxylic acids is 2. The van der Waals surface area contributed by atoms with E-state index in [9.17, 15) is 9.59 Å². The summed E-state index contributed by atoms with van der Waals surface area (Å²) in [4.78, 5) is 25.5. The third-order valence-corrected chi connectivity index (χ3v) is 6.85. The molecule has 0 unspecified atom stereocenters. The van der Waals surface area contributed by atoms with Gasteiger partial charge in [0.1, 0.15) is 0 Å². The van der Waals surface area contributed by atoms with Crippen LogP contribution in [0.25, 0.3) is 0 Å². The third kappa shape index (κ3) is 2.40. The first-order valence-electron chi connectivity index (χ1n) is 8.80.